The van der Waals surface area contributed by atoms with Crippen LogP contribution in [0.2, 0.25) is 0 Å². The molecule has 4 rings (SSSR count). The molecule has 0 aliphatic carbocycles. The number of esters is 1. The van der Waals surface area contributed by atoms with Crippen molar-refractivity contribution in [2.45, 2.75) is 6.92 Å². The fourth-order valence-electron chi connectivity index (χ4n) is 2.79. The number of imidazole rings is 1. The number of nitrogens with one attached hydrogen (secondary N) is 1. The monoisotopic (exact) mass is 358 g/mol. The lowest BCUT2D eigenvalue weighted by Crippen LogP contribution is -2.08. The molecule has 3 aromatic carbocycles. The minimum absolute atomic E-state index is 0.408. The first kappa shape index (κ1) is 16.8. The van der Waals surface area contributed by atoms with Gasteiger partial charge < -0.3 is 14.5 Å². The molecule has 134 valence electrons. The number of fused-ring (bicyclic) bond motifs is 1. The largest absolute Gasteiger partial charge is 0.494 e. The van der Waals surface area contributed by atoms with Crippen LogP contribution in [0.15, 0.2) is 72.8 Å². The van der Waals surface area contributed by atoms with Gasteiger partial charge in [0, 0.05) is 5.56 Å². The van der Waals surface area contributed by atoms with Crippen LogP contribution in [-0.4, -0.2) is 22.5 Å². The van der Waals surface area contributed by atoms with Crippen molar-refractivity contribution in [1.29, 1.82) is 0 Å². The van der Waals surface area contributed by atoms with Gasteiger partial charge in [0.15, 0.2) is 0 Å². The van der Waals surface area contributed by atoms with Crippen LogP contribution >= 0.6 is 0 Å². The number of ether oxygens (including phenoxy) is 2. The summed E-state index contributed by atoms with van der Waals surface area (Å²) in [4.78, 5) is 20.1. The van der Waals surface area contributed by atoms with E-state index in [1.54, 1.807) is 36.4 Å². The number of hydrogen-bond donors (Lipinski definition) is 1. The summed E-state index contributed by atoms with van der Waals surface area (Å²) >= 11 is 0. The predicted octanol–water partition coefficient (Wildman–Crippen LogP) is 4.85. The lowest BCUT2D eigenvalue weighted by molar-refractivity contribution is 0.0735. The number of benzene rings is 3. The minimum atomic E-state index is -0.408. The van der Waals surface area contributed by atoms with E-state index in [0.29, 0.717) is 17.9 Å². The Labute approximate surface area is 156 Å². The van der Waals surface area contributed by atoms with Crippen molar-refractivity contribution < 1.29 is 14.3 Å². The third-order valence-electron chi connectivity index (χ3n) is 4.13. The SMILES string of the molecule is CCOc1ccc(C(=O)Oc2ccc(-c3nc4ccccc4[nH]3)cc2)cc1. The molecule has 0 radical (unpaired) electrons. The van der Waals surface area contributed by atoms with E-state index in [2.05, 4.69) is 9.97 Å². The predicted molar refractivity (Wildman–Crippen MR) is 104 cm³/mol. The molecule has 4 aromatic rings. The normalized spacial score (nSPS) is 10.7. The van der Waals surface area contributed by atoms with E-state index in [9.17, 15) is 4.79 Å². The van der Waals surface area contributed by atoms with Gasteiger partial charge in [-0.1, -0.05) is 12.1 Å². The number of aromatic nitrogens is 2. The molecule has 0 bridgehead atoms. The van der Waals surface area contributed by atoms with Crippen molar-refractivity contribution in [2.24, 2.45) is 0 Å². The van der Waals surface area contributed by atoms with E-state index in [0.717, 1.165) is 28.2 Å². The maximum atomic E-state index is 12.3. The van der Waals surface area contributed by atoms with E-state index in [1.807, 2.05) is 43.3 Å². The molecule has 0 aliphatic rings. The van der Waals surface area contributed by atoms with Gasteiger partial charge in [-0.25, -0.2) is 9.78 Å². The van der Waals surface area contributed by atoms with Crippen molar-refractivity contribution in [2.75, 3.05) is 6.61 Å². The van der Waals surface area contributed by atoms with Crippen molar-refractivity contribution in [3.8, 4) is 22.9 Å². The van der Waals surface area contributed by atoms with Crippen LogP contribution in [0.25, 0.3) is 22.4 Å². The summed E-state index contributed by atoms with van der Waals surface area (Å²) < 4.78 is 10.8. The Kier molecular flexibility index (Phi) is 4.58. The number of para-hydroxylation sites is 2. The van der Waals surface area contributed by atoms with Crippen LogP contribution in [0.3, 0.4) is 0 Å². The molecule has 27 heavy (non-hydrogen) atoms. The fourth-order valence-corrected chi connectivity index (χ4v) is 2.79. The topological polar surface area (TPSA) is 64.2 Å². The summed E-state index contributed by atoms with van der Waals surface area (Å²) in [6.07, 6.45) is 0. The van der Waals surface area contributed by atoms with Crippen LogP contribution in [0.5, 0.6) is 11.5 Å². The van der Waals surface area contributed by atoms with E-state index in [1.165, 1.54) is 0 Å². The first-order valence-electron chi connectivity index (χ1n) is 8.73. The average Bonchev–Trinajstić information content (AvgIpc) is 3.13. The molecular formula is C22H18N2O3. The highest BCUT2D eigenvalue weighted by molar-refractivity contribution is 5.91. The van der Waals surface area contributed by atoms with Gasteiger partial charge in [0.2, 0.25) is 0 Å². The second-order valence-corrected chi connectivity index (χ2v) is 5.97. The minimum Gasteiger partial charge on any atom is -0.494 e. The van der Waals surface area contributed by atoms with Crippen LogP contribution in [0, 0.1) is 0 Å². The Morgan fingerprint density at radius 2 is 1.63 bits per heavy atom. The molecule has 0 aliphatic heterocycles. The zero-order valence-electron chi connectivity index (χ0n) is 14.8. The standard InChI is InChI=1S/C22H18N2O3/c1-2-26-17-11-9-16(10-12-17)22(25)27-18-13-7-15(8-14-18)21-23-19-5-3-4-6-20(19)24-21/h3-14H,2H2,1H3,(H,23,24). The molecule has 1 aromatic heterocycles. The number of aromatic amines is 1. The summed E-state index contributed by atoms with van der Waals surface area (Å²) in [5.41, 5.74) is 3.30. The van der Waals surface area contributed by atoms with Crippen LogP contribution < -0.4 is 9.47 Å². The molecule has 0 unspecified atom stereocenters. The number of hydrogen-bond acceptors (Lipinski definition) is 4. The summed E-state index contributed by atoms with van der Waals surface area (Å²) in [6.45, 7) is 2.50. The third kappa shape index (κ3) is 3.67. The van der Waals surface area contributed by atoms with Gasteiger partial charge in [-0.05, 0) is 67.6 Å². The van der Waals surface area contributed by atoms with Crippen LogP contribution in [0.4, 0.5) is 0 Å². The number of carbonyl (C=O) groups is 1. The Hall–Kier alpha value is -3.60. The molecule has 0 atom stereocenters. The summed E-state index contributed by atoms with van der Waals surface area (Å²) in [7, 11) is 0. The zero-order chi connectivity index (χ0) is 18.6. The van der Waals surface area contributed by atoms with E-state index < -0.39 is 5.97 Å². The molecular weight excluding hydrogens is 340 g/mol. The number of nitrogens with zero attached hydrogens (tertiary/aromatic N) is 1. The maximum Gasteiger partial charge on any atom is 0.343 e. The van der Waals surface area contributed by atoms with Crippen molar-refractivity contribution in [3.05, 3.63) is 78.4 Å². The highest BCUT2D eigenvalue weighted by Crippen LogP contribution is 2.23. The molecule has 0 saturated heterocycles. The van der Waals surface area contributed by atoms with Crippen LogP contribution in [-0.2, 0) is 0 Å². The van der Waals surface area contributed by atoms with Gasteiger partial charge in [0.1, 0.15) is 17.3 Å². The van der Waals surface area contributed by atoms with Crippen molar-refractivity contribution >= 4 is 17.0 Å². The molecule has 0 amide bonds. The molecule has 1 heterocycles. The van der Waals surface area contributed by atoms with Gasteiger partial charge in [-0.2, -0.15) is 0 Å². The second-order valence-electron chi connectivity index (χ2n) is 5.97. The van der Waals surface area contributed by atoms with Gasteiger partial charge >= 0.3 is 5.97 Å². The van der Waals surface area contributed by atoms with E-state index in [-0.39, 0.29) is 0 Å². The Morgan fingerprint density at radius 1 is 0.926 bits per heavy atom. The maximum absolute atomic E-state index is 12.3. The first-order chi connectivity index (χ1) is 13.2. The number of H-pyrrole nitrogens is 1. The molecule has 0 fully saturated rings. The summed E-state index contributed by atoms with van der Waals surface area (Å²) in [5, 5.41) is 0. The Balaban J connectivity index is 1.47. The average molecular weight is 358 g/mol. The second kappa shape index (κ2) is 7.33. The highest BCUT2D eigenvalue weighted by atomic mass is 16.5. The highest BCUT2D eigenvalue weighted by Gasteiger charge is 2.10. The molecule has 5 nitrogen and oxygen atoms in total. The quantitative estimate of drug-likeness (QED) is 0.409. The Bertz CT molecular complexity index is 1030. The number of rotatable bonds is 5. The van der Waals surface area contributed by atoms with Gasteiger partial charge in [-0.15, -0.1) is 0 Å². The van der Waals surface area contributed by atoms with Crippen LogP contribution in [0.1, 0.15) is 17.3 Å². The molecule has 1 N–H and O–H groups in total. The summed E-state index contributed by atoms with van der Waals surface area (Å²) in [5.74, 6) is 1.58. The molecule has 0 saturated carbocycles. The molecule has 0 spiro atoms. The Morgan fingerprint density at radius 3 is 2.33 bits per heavy atom. The third-order valence-corrected chi connectivity index (χ3v) is 4.13. The van der Waals surface area contributed by atoms with E-state index in [4.69, 9.17) is 9.47 Å². The smallest absolute Gasteiger partial charge is 0.343 e. The van der Waals surface area contributed by atoms with Crippen molar-refractivity contribution in [1.82, 2.24) is 9.97 Å². The first-order valence-corrected chi connectivity index (χ1v) is 8.73. The number of carbonyl (C=O) groups excluding carboxylic acids is 1. The van der Waals surface area contributed by atoms with Gasteiger partial charge in [-0.3, -0.25) is 0 Å². The lowest BCUT2D eigenvalue weighted by Gasteiger charge is -2.06. The van der Waals surface area contributed by atoms with E-state index >= 15 is 0 Å². The van der Waals surface area contributed by atoms with Gasteiger partial charge in [0.05, 0.1) is 23.2 Å². The lowest BCUT2D eigenvalue weighted by atomic mass is 10.2. The van der Waals surface area contributed by atoms with Crippen molar-refractivity contribution in [3.63, 3.8) is 0 Å². The fraction of sp³-hybridized carbons (Fsp3) is 0.0909. The molecule has 5 heteroatoms. The van der Waals surface area contributed by atoms with Gasteiger partial charge in [0.25, 0.3) is 0 Å². The zero-order valence-corrected chi connectivity index (χ0v) is 14.8. The summed E-state index contributed by atoms with van der Waals surface area (Å²) in [6, 6.07) is 22.0.